The largest absolute Gasteiger partial charge is 0.392 e. The normalized spacial score (nSPS) is 37.1. The Labute approximate surface area is 87.3 Å². The summed E-state index contributed by atoms with van der Waals surface area (Å²) in [6.07, 6.45) is 6.41. The molecular weight excluding hydrogens is 174 g/mol. The lowest BCUT2D eigenvalue weighted by Crippen LogP contribution is -2.47. The summed E-state index contributed by atoms with van der Waals surface area (Å²) >= 11 is 0. The van der Waals surface area contributed by atoms with Crippen molar-refractivity contribution in [2.75, 3.05) is 6.54 Å². The van der Waals surface area contributed by atoms with Crippen LogP contribution >= 0.6 is 0 Å². The lowest BCUT2D eigenvalue weighted by Gasteiger charge is -2.40. The van der Waals surface area contributed by atoms with Crippen LogP contribution < -0.4 is 0 Å². The summed E-state index contributed by atoms with van der Waals surface area (Å²) in [5.74, 6) is 0.622. The number of β-amino-alcohol motifs (C(OH)–C–C–N with tert-alkyl or cyclic N) is 1. The third-order valence-corrected chi connectivity index (χ3v) is 3.94. The maximum Gasteiger partial charge on any atom is 0.0695 e. The van der Waals surface area contributed by atoms with Crippen LogP contribution in [0.2, 0.25) is 0 Å². The predicted octanol–water partition coefficient (Wildman–Crippen LogP) is 2.02. The molecule has 0 spiro atoms. The zero-order valence-electron chi connectivity index (χ0n) is 9.45. The van der Waals surface area contributed by atoms with Crippen molar-refractivity contribution in [2.45, 2.75) is 64.1 Å². The molecule has 1 heterocycles. The Bertz CT molecular complexity index is 181. The Kier molecular flexibility index (Phi) is 3.13. The van der Waals surface area contributed by atoms with Crippen molar-refractivity contribution in [2.24, 2.45) is 5.92 Å². The molecule has 3 unspecified atom stereocenters. The van der Waals surface area contributed by atoms with Gasteiger partial charge in [0.05, 0.1) is 6.10 Å². The van der Waals surface area contributed by atoms with Gasteiger partial charge < -0.3 is 5.11 Å². The van der Waals surface area contributed by atoms with E-state index in [1.54, 1.807) is 0 Å². The van der Waals surface area contributed by atoms with Crippen LogP contribution in [0.15, 0.2) is 0 Å². The van der Waals surface area contributed by atoms with Gasteiger partial charge in [-0.3, -0.25) is 4.90 Å². The molecule has 2 aliphatic rings. The molecule has 1 aliphatic heterocycles. The molecule has 2 heteroatoms. The number of hydrogen-bond donors (Lipinski definition) is 1. The van der Waals surface area contributed by atoms with Crippen LogP contribution in [-0.2, 0) is 0 Å². The van der Waals surface area contributed by atoms with E-state index in [0.717, 1.165) is 6.54 Å². The summed E-state index contributed by atoms with van der Waals surface area (Å²) in [5.41, 5.74) is 0. The van der Waals surface area contributed by atoms with Crippen LogP contribution in [0.3, 0.4) is 0 Å². The molecule has 1 aliphatic carbocycles. The number of nitrogens with zero attached hydrogens (tertiary/aromatic N) is 1. The summed E-state index contributed by atoms with van der Waals surface area (Å²) in [7, 11) is 0. The summed E-state index contributed by atoms with van der Waals surface area (Å²) in [6.45, 7) is 5.51. The van der Waals surface area contributed by atoms with Crippen LogP contribution in [0, 0.1) is 5.92 Å². The first kappa shape index (κ1) is 10.4. The zero-order valence-corrected chi connectivity index (χ0v) is 9.45. The fourth-order valence-corrected chi connectivity index (χ4v) is 2.68. The molecule has 1 saturated heterocycles. The van der Waals surface area contributed by atoms with Crippen LogP contribution in [-0.4, -0.2) is 34.7 Å². The molecular formula is C12H23NO. The average molecular weight is 197 g/mol. The van der Waals surface area contributed by atoms with Crippen molar-refractivity contribution in [1.82, 2.24) is 4.90 Å². The summed E-state index contributed by atoms with van der Waals surface area (Å²) in [4.78, 5) is 2.51. The average Bonchev–Trinajstić information content (AvgIpc) is 2.94. The molecule has 82 valence electrons. The number of hydrogen-bond acceptors (Lipinski definition) is 2. The van der Waals surface area contributed by atoms with Crippen molar-refractivity contribution < 1.29 is 5.11 Å². The highest BCUT2D eigenvalue weighted by molar-refractivity contribution is 4.87. The van der Waals surface area contributed by atoms with E-state index in [-0.39, 0.29) is 6.10 Å². The molecule has 2 nitrogen and oxygen atoms in total. The highest BCUT2D eigenvalue weighted by Gasteiger charge is 2.34. The molecule has 1 saturated carbocycles. The number of piperidine rings is 1. The Morgan fingerprint density at radius 2 is 1.71 bits per heavy atom. The first-order valence-corrected chi connectivity index (χ1v) is 6.12. The minimum absolute atomic E-state index is 0.0574. The molecule has 3 atom stereocenters. The molecule has 0 radical (unpaired) electrons. The minimum atomic E-state index is -0.0574. The number of aliphatic hydroxyl groups is 1. The van der Waals surface area contributed by atoms with Crippen LogP contribution in [0.1, 0.15) is 46.0 Å². The van der Waals surface area contributed by atoms with E-state index >= 15 is 0 Å². The molecule has 2 rings (SSSR count). The summed E-state index contributed by atoms with van der Waals surface area (Å²) in [5, 5.41) is 9.94. The lowest BCUT2D eigenvalue weighted by molar-refractivity contribution is 0.0327. The van der Waals surface area contributed by atoms with Crippen LogP contribution in [0.5, 0.6) is 0 Å². The van der Waals surface area contributed by atoms with E-state index < -0.39 is 0 Å². The van der Waals surface area contributed by atoms with Crippen molar-refractivity contribution in [3.63, 3.8) is 0 Å². The molecule has 14 heavy (non-hydrogen) atoms. The first-order chi connectivity index (χ1) is 6.68. The molecule has 0 aromatic heterocycles. The van der Waals surface area contributed by atoms with E-state index in [9.17, 15) is 5.11 Å². The van der Waals surface area contributed by atoms with Crippen LogP contribution in [0.25, 0.3) is 0 Å². The Hall–Kier alpha value is -0.0800. The molecule has 0 aromatic carbocycles. The van der Waals surface area contributed by atoms with Gasteiger partial charge in [0.2, 0.25) is 0 Å². The Balaban J connectivity index is 1.86. The minimum Gasteiger partial charge on any atom is -0.392 e. The Morgan fingerprint density at radius 3 is 2.21 bits per heavy atom. The highest BCUT2D eigenvalue weighted by atomic mass is 16.3. The van der Waals surface area contributed by atoms with Crippen molar-refractivity contribution in [1.29, 1.82) is 0 Å². The van der Waals surface area contributed by atoms with Crippen molar-refractivity contribution >= 4 is 0 Å². The maximum atomic E-state index is 9.94. The molecule has 1 N–H and O–H groups in total. The third-order valence-electron chi connectivity index (χ3n) is 3.94. The van der Waals surface area contributed by atoms with Gasteiger partial charge in [0.25, 0.3) is 0 Å². The summed E-state index contributed by atoms with van der Waals surface area (Å²) < 4.78 is 0. The number of rotatable bonds is 3. The fourth-order valence-electron chi connectivity index (χ4n) is 2.68. The van der Waals surface area contributed by atoms with Gasteiger partial charge in [0, 0.05) is 18.6 Å². The highest BCUT2D eigenvalue weighted by Crippen LogP contribution is 2.34. The Morgan fingerprint density at radius 1 is 1.14 bits per heavy atom. The van der Waals surface area contributed by atoms with Gasteiger partial charge in [0.1, 0.15) is 0 Å². The van der Waals surface area contributed by atoms with Crippen molar-refractivity contribution in [3.05, 3.63) is 0 Å². The smallest absolute Gasteiger partial charge is 0.0695 e. The van der Waals surface area contributed by atoms with Gasteiger partial charge in [-0.15, -0.1) is 0 Å². The number of aliphatic hydroxyl groups excluding tert-OH is 1. The van der Waals surface area contributed by atoms with Gasteiger partial charge in [-0.25, -0.2) is 0 Å². The second kappa shape index (κ2) is 4.19. The second-order valence-corrected chi connectivity index (χ2v) is 5.23. The van der Waals surface area contributed by atoms with E-state index in [1.807, 2.05) is 0 Å². The molecule has 0 aromatic rings. The standard InChI is InChI=1S/C12H23NO/c1-9-4-3-5-10(2)13(9)8-12(14)11-6-7-11/h9-12,14H,3-8H2,1-2H3. The quantitative estimate of drug-likeness (QED) is 0.748. The summed E-state index contributed by atoms with van der Waals surface area (Å²) in [6, 6.07) is 1.35. The second-order valence-electron chi connectivity index (χ2n) is 5.23. The van der Waals surface area contributed by atoms with Gasteiger partial charge in [0.15, 0.2) is 0 Å². The molecule has 0 bridgehead atoms. The van der Waals surface area contributed by atoms with E-state index in [4.69, 9.17) is 0 Å². The van der Waals surface area contributed by atoms with E-state index in [1.165, 1.54) is 32.1 Å². The maximum absolute atomic E-state index is 9.94. The monoisotopic (exact) mass is 197 g/mol. The lowest BCUT2D eigenvalue weighted by atomic mass is 9.96. The van der Waals surface area contributed by atoms with Gasteiger partial charge in [-0.2, -0.15) is 0 Å². The van der Waals surface area contributed by atoms with E-state index in [2.05, 4.69) is 18.7 Å². The fraction of sp³-hybridized carbons (Fsp3) is 1.00. The number of likely N-dealkylation sites (tertiary alicyclic amines) is 1. The first-order valence-electron chi connectivity index (χ1n) is 6.12. The molecule has 2 fully saturated rings. The van der Waals surface area contributed by atoms with Gasteiger partial charge in [-0.05, 0) is 45.4 Å². The van der Waals surface area contributed by atoms with E-state index in [0.29, 0.717) is 18.0 Å². The van der Waals surface area contributed by atoms with Crippen LogP contribution in [0.4, 0.5) is 0 Å². The topological polar surface area (TPSA) is 23.5 Å². The van der Waals surface area contributed by atoms with Gasteiger partial charge in [-0.1, -0.05) is 6.42 Å². The van der Waals surface area contributed by atoms with Crippen molar-refractivity contribution in [3.8, 4) is 0 Å². The van der Waals surface area contributed by atoms with Gasteiger partial charge >= 0.3 is 0 Å². The predicted molar refractivity (Wildman–Crippen MR) is 58.2 cm³/mol. The zero-order chi connectivity index (χ0) is 10.1. The SMILES string of the molecule is CC1CCCC(C)N1CC(O)C1CC1. The molecule has 0 amide bonds. The third kappa shape index (κ3) is 2.29.